The molecule has 3 N–H and O–H groups in total. The minimum absolute atomic E-state index is 0.0170. The van der Waals surface area contributed by atoms with E-state index in [0.717, 1.165) is 44.3 Å². The molecule has 8 heteroatoms. The SMILES string of the molecule is Cc1c(-c2cccc(NCc3ccc(OCc4ccccc4)cc3)c2)sc(C(=O)O)c1OCC(=O)O. The molecule has 1 aromatic heterocycles. The van der Waals surface area contributed by atoms with E-state index in [0.29, 0.717) is 18.7 Å². The van der Waals surface area contributed by atoms with Crippen molar-refractivity contribution in [2.75, 3.05) is 11.9 Å². The Morgan fingerprint density at radius 3 is 2.33 bits per heavy atom. The van der Waals surface area contributed by atoms with Crippen LogP contribution in [0.1, 0.15) is 26.4 Å². The van der Waals surface area contributed by atoms with Crippen molar-refractivity contribution in [3.63, 3.8) is 0 Å². The number of benzene rings is 3. The Morgan fingerprint density at radius 1 is 0.889 bits per heavy atom. The van der Waals surface area contributed by atoms with Crippen LogP contribution < -0.4 is 14.8 Å². The summed E-state index contributed by atoms with van der Waals surface area (Å²) in [6, 6.07) is 25.5. The molecule has 0 radical (unpaired) electrons. The maximum absolute atomic E-state index is 11.7. The number of carboxylic acid groups (broad SMARTS) is 2. The van der Waals surface area contributed by atoms with Crippen molar-refractivity contribution in [3.05, 3.63) is 100 Å². The zero-order valence-electron chi connectivity index (χ0n) is 19.6. The van der Waals surface area contributed by atoms with Crippen molar-refractivity contribution in [3.8, 4) is 21.9 Å². The summed E-state index contributed by atoms with van der Waals surface area (Å²) in [6.45, 7) is 2.24. The van der Waals surface area contributed by atoms with Gasteiger partial charge in [0, 0.05) is 22.7 Å². The average Bonchev–Trinajstić information content (AvgIpc) is 3.22. The largest absolute Gasteiger partial charge is 0.489 e. The third-order valence-electron chi connectivity index (χ3n) is 5.42. The van der Waals surface area contributed by atoms with E-state index >= 15 is 0 Å². The number of thiophene rings is 1. The van der Waals surface area contributed by atoms with Gasteiger partial charge in [-0.05, 0) is 47.9 Å². The van der Waals surface area contributed by atoms with Crippen molar-refractivity contribution in [2.45, 2.75) is 20.1 Å². The van der Waals surface area contributed by atoms with Crippen LogP contribution in [0.15, 0.2) is 78.9 Å². The first kappa shape index (κ1) is 24.8. The Labute approximate surface area is 212 Å². The van der Waals surface area contributed by atoms with Gasteiger partial charge in [-0.15, -0.1) is 11.3 Å². The fraction of sp³-hybridized carbons (Fsp3) is 0.143. The number of aromatic carboxylic acids is 1. The predicted octanol–water partition coefficient (Wildman–Crippen LogP) is 6.08. The van der Waals surface area contributed by atoms with Gasteiger partial charge in [0.05, 0.1) is 0 Å². The van der Waals surface area contributed by atoms with E-state index in [9.17, 15) is 14.7 Å². The molecule has 0 fully saturated rings. The molecule has 1 heterocycles. The van der Waals surface area contributed by atoms with Crippen molar-refractivity contribution in [1.29, 1.82) is 0 Å². The minimum Gasteiger partial charge on any atom is -0.489 e. The van der Waals surface area contributed by atoms with Gasteiger partial charge < -0.3 is 25.0 Å². The molecular weight excluding hydrogens is 478 g/mol. The lowest BCUT2D eigenvalue weighted by molar-refractivity contribution is -0.139. The van der Waals surface area contributed by atoms with E-state index in [1.807, 2.05) is 78.9 Å². The summed E-state index contributed by atoms with van der Waals surface area (Å²) < 4.78 is 11.1. The molecule has 0 spiro atoms. The van der Waals surface area contributed by atoms with Crippen LogP contribution in [0.3, 0.4) is 0 Å². The lowest BCUT2D eigenvalue weighted by Gasteiger charge is -2.10. The maximum atomic E-state index is 11.7. The highest BCUT2D eigenvalue weighted by molar-refractivity contribution is 7.18. The van der Waals surface area contributed by atoms with Gasteiger partial charge in [-0.25, -0.2) is 9.59 Å². The van der Waals surface area contributed by atoms with Crippen molar-refractivity contribution in [1.82, 2.24) is 0 Å². The Morgan fingerprint density at radius 2 is 1.64 bits per heavy atom. The summed E-state index contributed by atoms with van der Waals surface area (Å²) >= 11 is 1.07. The van der Waals surface area contributed by atoms with Crippen LogP contribution >= 0.6 is 11.3 Å². The number of ether oxygens (including phenoxy) is 2. The van der Waals surface area contributed by atoms with Gasteiger partial charge in [0.15, 0.2) is 11.5 Å². The van der Waals surface area contributed by atoms with Crippen molar-refractivity contribution < 1.29 is 29.3 Å². The van der Waals surface area contributed by atoms with Crippen LogP contribution in [0.5, 0.6) is 11.5 Å². The van der Waals surface area contributed by atoms with Crippen molar-refractivity contribution in [2.24, 2.45) is 0 Å². The number of hydrogen-bond donors (Lipinski definition) is 3. The number of nitrogens with one attached hydrogen (secondary N) is 1. The van der Waals surface area contributed by atoms with Gasteiger partial charge in [0.1, 0.15) is 18.1 Å². The first-order valence-electron chi connectivity index (χ1n) is 11.2. The summed E-state index contributed by atoms with van der Waals surface area (Å²) in [5.41, 5.74) is 4.48. The highest BCUT2D eigenvalue weighted by Crippen LogP contribution is 2.42. The van der Waals surface area contributed by atoms with Gasteiger partial charge in [-0.2, -0.15) is 0 Å². The quantitative estimate of drug-likeness (QED) is 0.228. The summed E-state index contributed by atoms with van der Waals surface area (Å²) in [5, 5.41) is 21.9. The zero-order valence-corrected chi connectivity index (χ0v) is 20.4. The molecule has 0 aliphatic heterocycles. The molecule has 0 bridgehead atoms. The number of rotatable bonds is 11. The topological polar surface area (TPSA) is 105 Å². The molecule has 0 aliphatic carbocycles. The Kier molecular flexibility index (Phi) is 7.87. The highest BCUT2D eigenvalue weighted by atomic mass is 32.1. The van der Waals surface area contributed by atoms with Crippen LogP contribution in [0, 0.1) is 6.92 Å². The van der Waals surface area contributed by atoms with E-state index < -0.39 is 18.5 Å². The Balaban J connectivity index is 1.42. The van der Waals surface area contributed by atoms with E-state index in [2.05, 4.69) is 5.32 Å². The van der Waals surface area contributed by atoms with Crippen LogP contribution in [-0.4, -0.2) is 28.8 Å². The first-order chi connectivity index (χ1) is 17.4. The van der Waals surface area contributed by atoms with E-state index in [-0.39, 0.29) is 10.6 Å². The van der Waals surface area contributed by atoms with Crippen molar-refractivity contribution >= 4 is 29.0 Å². The van der Waals surface area contributed by atoms with Crippen LogP contribution in [0.4, 0.5) is 5.69 Å². The van der Waals surface area contributed by atoms with E-state index in [4.69, 9.17) is 14.6 Å². The van der Waals surface area contributed by atoms with E-state index in [1.165, 1.54) is 0 Å². The molecule has 4 aromatic rings. The monoisotopic (exact) mass is 503 g/mol. The standard InChI is InChI=1S/C28H25NO6S/c1-18-25(35-17-24(30)31)27(28(32)33)36-26(18)21-8-5-9-22(14-21)29-15-19-10-12-23(13-11-19)34-16-20-6-3-2-4-7-20/h2-14,29H,15-17H2,1H3,(H,30,31)(H,32,33). The molecule has 36 heavy (non-hydrogen) atoms. The Hall–Kier alpha value is -4.30. The Bertz CT molecular complexity index is 1350. The number of hydrogen-bond acceptors (Lipinski definition) is 6. The second kappa shape index (κ2) is 11.4. The normalized spacial score (nSPS) is 10.6. The smallest absolute Gasteiger partial charge is 0.349 e. The number of carbonyl (C=O) groups is 2. The summed E-state index contributed by atoms with van der Waals surface area (Å²) in [7, 11) is 0. The average molecular weight is 504 g/mol. The molecule has 0 saturated carbocycles. The molecule has 0 atom stereocenters. The van der Waals surface area contributed by atoms with Gasteiger partial charge in [-0.3, -0.25) is 0 Å². The highest BCUT2D eigenvalue weighted by Gasteiger charge is 2.23. The summed E-state index contributed by atoms with van der Waals surface area (Å²) in [6.07, 6.45) is 0. The van der Waals surface area contributed by atoms with Gasteiger partial charge in [0.2, 0.25) is 0 Å². The molecular formula is C28H25NO6S. The molecule has 0 aliphatic rings. The van der Waals surface area contributed by atoms with Crippen LogP contribution in [0.2, 0.25) is 0 Å². The summed E-state index contributed by atoms with van der Waals surface area (Å²) in [4.78, 5) is 23.3. The fourth-order valence-corrected chi connectivity index (χ4v) is 4.73. The third kappa shape index (κ3) is 6.22. The lowest BCUT2D eigenvalue weighted by Crippen LogP contribution is -2.11. The number of aliphatic carboxylic acids is 1. The maximum Gasteiger partial charge on any atom is 0.349 e. The predicted molar refractivity (Wildman–Crippen MR) is 139 cm³/mol. The number of anilines is 1. The third-order valence-corrected chi connectivity index (χ3v) is 6.73. The minimum atomic E-state index is -1.17. The van der Waals surface area contributed by atoms with Crippen LogP contribution in [-0.2, 0) is 17.9 Å². The second-order valence-electron chi connectivity index (χ2n) is 8.05. The van der Waals surface area contributed by atoms with Gasteiger partial charge >= 0.3 is 11.9 Å². The van der Waals surface area contributed by atoms with Gasteiger partial charge in [-0.1, -0.05) is 54.6 Å². The molecule has 4 rings (SSSR count). The molecule has 0 amide bonds. The molecule has 0 saturated heterocycles. The zero-order chi connectivity index (χ0) is 25.5. The molecule has 7 nitrogen and oxygen atoms in total. The molecule has 3 aromatic carbocycles. The molecule has 0 unspecified atom stereocenters. The molecule has 184 valence electrons. The lowest BCUT2D eigenvalue weighted by atomic mass is 10.1. The van der Waals surface area contributed by atoms with Crippen LogP contribution in [0.25, 0.3) is 10.4 Å². The first-order valence-corrected chi connectivity index (χ1v) is 12.0. The van der Waals surface area contributed by atoms with Gasteiger partial charge in [0.25, 0.3) is 0 Å². The number of carboxylic acids is 2. The summed E-state index contributed by atoms with van der Waals surface area (Å²) in [5.74, 6) is -1.42. The fourth-order valence-electron chi connectivity index (χ4n) is 3.64. The second-order valence-corrected chi connectivity index (χ2v) is 9.08. The van der Waals surface area contributed by atoms with E-state index in [1.54, 1.807) is 6.92 Å².